The molecule has 0 spiro atoms. The molecule has 2 N–H and O–H groups in total. The first-order valence-corrected chi connectivity index (χ1v) is 10.1. The number of nitrogens with zero attached hydrogens (tertiary/aromatic N) is 1. The summed E-state index contributed by atoms with van der Waals surface area (Å²) in [6.45, 7) is 2.67. The van der Waals surface area contributed by atoms with Gasteiger partial charge in [-0.3, -0.25) is 0 Å². The number of piperidine rings is 1. The summed E-state index contributed by atoms with van der Waals surface area (Å²) in [6, 6.07) is 7.76. The Morgan fingerprint density at radius 1 is 1.19 bits per heavy atom. The van der Waals surface area contributed by atoms with E-state index < -0.39 is 12.2 Å². The van der Waals surface area contributed by atoms with Crippen LogP contribution in [0.2, 0.25) is 0 Å². The second-order valence-electron chi connectivity index (χ2n) is 7.61. The Morgan fingerprint density at radius 2 is 1.89 bits per heavy atom. The van der Waals surface area contributed by atoms with E-state index in [1.807, 2.05) is 24.3 Å². The summed E-state index contributed by atoms with van der Waals surface area (Å²) in [7, 11) is 0. The molecule has 2 aliphatic rings. The first kappa shape index (κ1) is 20.0. The van der Waals surface area contributed by atoms with Gasteiger partial charge in [0, 0.05) is 18.9 Å². The number of hydrogen-bond acceptors (Lipinski definition) is 4. The highest BCUT2D eigenvalue weighted by Crippen LogP contribution is 2.30. The van der Waals surface area contributed by atoms with E-state index in [4.69, 9.17) is 14.6 Å². The predicted molar refractivity (Wildman–Crippen MR) is 102 cm³/mol. The number of amides is 1. The number of hydrogen-bond donors (Lipinski definition) is 2. The molecular formula is C21H31NO5. The van der Waals surface area contributed by atoms with Crippen molar-refractivity contribution < 1.29 is 24.5 Å². The number of carboxylic acid groups (broad SMARTS) is 1. The van der Waals surface area contributed by atoms with Gasteiger partial charge in [-0.05, 0) is 37.0 Å². The van der Waals surface area contributed by atoms with Gasteiger partial charge in [0.15, 0.2) is 6.29 Å². The molecule has 0 bridgehead atoms. The minimum Gasteiger partial charge on any atom is -0.465 e. The zero-order valence-corrected chi connectivity index (χ0v) is 16.0. The molecular weight excluding hydrogens is 346 g/mol. The van der Waals surface area contributed by atoms with E-state index in [0.717, 1.165) is 30.6 Å². The first-order chi connectivity index (χ1) is 13.1. The van der Waals surface area contributed by atoms with Gasteiger partial charge >= 0.3 is 6.09 Å². The van der Waals surface area contributed by atoms with Gasteiger partial charge in [-0.25, -0.2) is 4.79 Å². The van der Waals surface area contributed by atoms with Crippen molar-refractivity contribution in [3.8, 4) is 5.75 Å². The normalized spacial score (nSPS) is 25.2. The maximum atomic E-state index is 11.0. The van der Waals surface area contributed by atoms with Crippen LogP contribution in [0.25, 0.3) is 0 Å². The highest BCUT2D eigenvalue weighted by atomic mass is 16.7. The number of carbonyl (C=O) groups is 1. The summed E-state index contributed by atoms with van der Waals surface area (Å²) in [5.41, 5.74) is 1.01. The largest absolute Gasteiger partial charge is 0.465 e. The third-order valence-corrected chi connectivity index (χ3v) is 5.66. The van der Waals surface area contributed by atoms with Crippen LogP contribution in [0.5, 0.6) is 5.75 Å². The van der Waals surface area contributed by atoms with Gasteiger partial charge < -0.3 is 24.6 Å². The average Bonchev–Trinajstić information content (AvgIpc) is 2.69. The summed E-state index contributed by atoms with van der Waals surface area (Å²) in [4.78, 5) is 12.3. The fourth-order valence-electron chi connectivity index (χ4n) is 4.06. The van der Waals surface area contributed by atoms with E-state index in [1.165, 1.54) is 24.2 Å². The molecule has 2 fully saturated rings. The molecule has 1 aliphatic heterocycles. The lowest BCUT2D eigenvalue weighted by Crippen LogP contribution is -2.45. The molecule has 3 atom stereocenters. The molecule has 3 rings (SSSR count). The van der Waals surface area contributed by atoms with E-state index in [0.29, 0.717) is 19.1 Å². The number of aliphatic hydroxyl groups is 1. The Hall–Kier alpha value is -1.79. The lowest BCUT2D eigenvalue weighted by molar-refractivity contribution is -0.129. The van der Waals surface area contributed by atoms with Crippen LogP contribution in [-0.4, -0.2) is 52.8 Å². The molecule has 1 amide bonds. The van der Waals surface area contributed by atoms with Gasteiger partial charge in [0.1, 0.15) is 5.75 Å². The van der Waals surface area contributed by atoms with E-state index in [9.17, 15) is 9.90 Å². The summed E-state index contributed by atoms with van der Waals surface area (Å²) in [5, 5.41) is 19.4. The lowest BCUT2D eigenvalue weighted by Gasteiger charge is -2.34. The Labute approximate surface area is 161 Å². The molecule has 1 aromatic carbocycles. The van der Waals surface area contributed by atoms with Crippen LogP contribution in [0, 0.1) is 0 Å². The fraction of sp³-hybridized carbons (Fsp3) is 0.667. The van der Waals surface area contributed by atoms with Gasteiger partial charge in [0.05, 0.1) is 18.8 Å². The van der Waals surface area contributed by atoms with Crippen LogP contribution < -0.4 is 4.74 Å². The topological polar surface area (TPSA) is 79.2 Å². The van der Waals surface area contributed by atoms with Crippen molar-refractivity contribution in [2.24, 2.45) is 0 Å². The summed E-state index contributed by atoms with van der Waals surface area (Å²) in [6.07, 6.45) is 5.84. The lowest BCUT2D eigenvalue weighted by atomic mass is 9.87. The number of aliphatic hydroxyl groups excluding tert-OH is 1. The number of β-amino-alcohol motifs (C(OH)–C–C–N with tert-alkyl or cyclic N) is 1. The molecule has 1 aliphatic carbocycles. The van der Waals surface area contributed by atoms with Crippen molar-refractivity contribution in [2.45, 2.75) is 76.3 Å². The van der Waals surface area contributed by atoms with E-state index in [1.54, 1.807) is 0 Å². The van der Waals surface area contributed by atoms with Gasteiger partial charge in [0.25, 0.3) is 0 Å². The van der Waals surface area contributed by atoms with Crippen LogP contribution in [0.15, 0.2) is 24.3 Å². The molecule has 0 aromatic heterocycles. The Balaban J connectivity index is 1.55. The smallest absolute Gasteiger partial charge is 0.407 e. The van der Waals surface area contributed by atoms with Crippen LogP contribution in [0.1, 0.15) is 63.4 Å². The van der Waals surface area contributed by atoms with E-state index in [-0.39, 0.29) is 18.8 Å². The molecule has 6 nitrogen and oxygen atoms in total. The Morgan fingerprint density at radius 3 is 2.48 bits per heavy atom. The number of benzene rings is 1. The van der Waals surface area contributed by atoms with Crippen LogP contribution >= 0.6 is 0 Å². The first-order valence-electron chi connectivity index (χ1n) is 10.1. The van der Waals surface area contributed by atoms with Crippen molar-refractivity contribution in [2.75, 3.05) is 13.1 Å². The number of ether oxygens (including phenoxy) is 2. The minimum atomic E-state index is -0.972. The van der Waals surface area contributed by atoms with Crippen molar-refractivity contribution in [1.29, 1.82) is 0 Å². The zero-order chi connectivity index (χ0) is 19.2. The summed E-state index contributed by atoms with van der Waals surface area (Å²) in [5.74, 6) is 0.717. The Kier molecular flexibility index (Phi) is 6.96. The van der Waals surface area contributed by atoms with Crippen molar-refractivity contribution >= 4 is 6.09 Å². The standard InChI is InChI=1S/C21H31NO5/c1-2-20(26-16-6-4-3-5-7-16)27-17-10-8-15(9-11-17)18-12-13-22(21(24)25)14-19(18)23/h8-11,16,18-20,23H,2-7,12-14H2,1H3,(H,24,25). The maximum Gasteiger partial charge on any atom is 0.407 e. The highest BCUT2D eigenvalue weighted by Gasteiger charge is 2.31. The van der Waals surface area contributed by atoms with E-state index in [2.05, 4.69) is 6.92 Å². The highest BCUT2D eigenvalue weighted by molar-refractivity contribution is 5.65. The average molecular weight is 377 g/mol. The third kappa shape index (κ3) is 5.36. The fourth-order valence-corrected chi connectivity index (χ4v) is 4.06. The van der Waals surface area contributed by atoms with Gasteiger partial charge in [-0.1, -0.05) is 38.3 Å². The number of likely N-dealkylation sites (tertiary alicyclic amines) is 1. The van der Waals surface area contributed by atoms with Gasteiger partial charge in [0.2, 0.25) is 0 Å². The minimum absolute atomic E-state index is 0.0462. The third-order valence-electron chi connectivity index (χ3n) is 5.66. The van der Waals surface area contributed by atoms with Gasteiger partial charge in [-0.2, -0.15) is 0 Å². The summed E-state index contributed by atoms with van der Waals surface area (Å²) >= 11 is 0. The SMILES string of the molecule is CCC(Oc1ccc(C2CCN(C(=O)O)CC2O)cc1)OC1CCCCC1. The maximum absolute atomic E-state index is 11.0. The Bertz CT molecular complexity index is 599. The molecule has 27 heavy (non-hydrogen) atoms. The quantitative estimate of drug-likeness (QED) is 0.733. The second-order valence-corrected chi connectivity index (χ2v) is 7.61. The van der Waals surface area contributed by atoms with Crippen molar-refractivity contribution in [3.05, 3.63) is 29.8 Å². The monoisotopic (exact) mass is 377 g/mol. The molecule has 1 saturated carbocycles. The zero-order valence-electron chi connectivity index (χ0n) is 16.0. The van der Waals surface area contributed by atoms with Gasteiger partial charge in [-0.15, -0.1) is 0 Å². The molecule has 1 saturated heterocycles. The van der Waals surface area contributed by atoms with Crippen LogP contribution in [-0.2, 0) is 4.74 Å². The molecule has 1 heterocycles. The molecule has 1 aromatic rings. The summed E-state index contributed by atoms with van der Waals surface area (Å²) < 4.78 is 12.1. The number of rotatable bonds is 6. The molecule has 6 heteroatoms. The second kappa shape index (κ2) is 9.42. The van der Waals surface area contributed by atoms with Crippen LogP contribution in [0.4, 0.5) is 4.79 Å². The predicted octanol–water partition coefficient (Wildman–Crippen LogP) is 3.98. The van der Waals surface area contributed by atoms with Crippen molar-refractivity contribution in [3.63, 3.8) is 0 Å². The van der Waals surface area contributed by atoms with Crippen LogP contribution in [0.3, 0.4) is 0 Å². The van der Waals surface area contributed by atoms with E-state index >= 15 is 0 Å². The molecule has 3 unspecified atom stereocenters. The molecule has 0 radical (unpaired) electrons. The van der Waals surface area contributed by atoms with Crippen molar-refractivity contribution in [1.82, 2.24) is 4.90 Å². The molecule has 150 valence electrons.